The van der Waals surface area contributed by atoms with E-state index in [1.165, 1.54) is 11.3 Å². The van der Waals surface area contributed by atoms with Crippen LogP contribution in [-0.2, 0) is 9.84 Å². The number of halogens is 1. The Labute approximate surface area is 98.4 Å². The molecule has 0 saturated carbocycles. The molecule has 1 fully saturated rings. The monoisotopic (exact) mass is 265 g/mol. The van der Waals surface area contributed by atoms with Crippen LogP contribution < -0.4 is 5.32 Å². The molecule has 1 aromatic rings. The fraction of sp³-hybridized carbons (Fsp3) is 0.556. The van der Waals surface area contributed by atoms with Crippen LogP contribution in [-0.4, -0.2) is 26.0 Å². The highest BCUT2D eigenvalue weighted by Gasteiger charge is 2.31. The van der Waals surface area contributed by atoms with E-state index < -0.39 is 9.84 Å². The van der Waals surface area contributed by atoms with E-state index in [0.29, 0.717) is 10.9 Å². The quantitative estimate of drug-likeness (QED) is 0.843. The molecule has 0 aromatic carbocycles. The van der Waals surface area contributed by atoms with Gasteiger partial charge in [-0.1, -0.05) is 11.6 Å². The largest absolute Gasteiger partial charge is 0.308 e. The Kier molecular flexibility index (Phi) is 3.07. The fourth-order valence-electron chi connectivity index (χ4n) is 1.61. The highest BCUT2D eigenvalue weighted by Crippen LogP contribution is 2.28. The van der Waals surface area contributed by atoms with Gasteiger partial charge in [-0.3, -0.25) is 0 Å². The molecule has 1 aliphatic heterocycles. The molecule has 2 heterocycles. The van der Waals surface area contributed by atoms with Gasteiger partial charge in [0.05, 0.1) is 15.3 Å². The van der Waals surface area contributed by atoms with Crippen molar-refractivity contribution in [2.75, 3.05) is 12.3 Å². The zero-order chi connectivity index (χ0) is 11.1. The Balaban J connectivity index is 2.20. The van der Waals surface area contributed by atoms with Gasteiger partial charge in [-0.15, -0.1) is 11.3 Å². The minimum absolute atomic E-state index is 0.102. The molecule has 1 saturated heterocycles. The molecule has 0 spiro atoms. The first-order valence-electron chi connectivity index (χ1n) is 4.68. The van der Waals surface area contributed by atoms with Crippen LogP contribution in [0.5, 0.6) is 0 Å². The zero-order valence-electron chi connectivity index (χ0n) is 8.23. The van der Waals surface area contributed by atoms with E-state index in [1.807, 2.05) is 11.4 Å². The van der Waals surface area contributed by atoms with Gasteiger partial charge in [-0.05, 0) is 23.9 Å². The number of sulfone groups is 1. The third-order valence-electron chi connectivity index (χ3n) is 2.65. The minimum Gasteiger partial charge on any atom is -0.308 e. The minimum atomic E-state index is -2.95. The first-order chi connectivity index (χ1) is 6.99. The van der Waals surface area contributed by atoms with E-state index in [1.54, 1.807) is 6.92 Å². The summed E-state index contributed by atoms with van der Waals surface area (Å²) >= 11 is 7.25. The summed E-state index contributed by atoms with van der Waals surface area (Å²) in [6.45, 7) is 2.25. The third kappa shape index (κ3) is 2.36. The van der Waals surface area contributed by atoms with E-state index in [2.05, 4.69) is 5.32 Å². The van der Waals surface area contributed by atoms with Gasteiger partial charge in [-0.25, -0.2) is 8.42 Å². The van der Waals surface area contributed by atoms with Crippen molar-refractivity contribution in [3.8, 4) is 0 Å². The molecule has 0 radical (unpaired) electrons. The summed E-state index contributed by atoms with van der Waals surface area (Å²) in [5, 5.41) is 4.84. The summed E-state index contributed by atoms with van der Waals surface area (Å²) in [5.74, 6) is 0.168. The molecule has 15 heavy (non-hydrogen) atoms. The topological polar surface area (TPSA) is 46.2 Å². The van der Waals surface area contributed by atoms with Gasteiger partial charge in [-0.2, -0.15) is 0 Å². The van der Waals surface area contributed by atoms with Gasteiger partial charge < -0.3 is 5.32 Å². The maximum atomic E-state index is 11.7. The molecule has 1 N–H and O–H groups in total. The SMILES string of the molecule is CC1CNC(c2csc(Cl)c2)CS1(=O)=O. The summed E-state index contributed by atoms with van der Waals surface area (Å²) in [7, 11) is -2.95. The Bertz CT molecular complexity index is 454. The normalized spacial score (nSPS) is 30.3. The summed E-state index contributed by atoms with van der Waals surface area (Å²) in [5.41, 5.74) is 0.973. The Morgan fingerprint density at radius 3 is 2.87 bits per heavy atom. The molecule has 2 rings (SSSR count). The molecule has 1 aliphatic rings. The van der Waals surface area contributed by atoms with Gasteiger partial charge in [0.25, 0.3) is 0 Å². The van der Waals surface area contributed by atoms with Gasteiger partial charge >= 0.3 is 0 Å². The number of rotatable bonds is 1. The Morgan fingerprint density at radius 2 is 2.33 bits per heavy atom. The molecular formula is C9H12ClNO2S2. The molecule has 6 heteroatoms. The van der Waals surface area contributed by atoms with Gasteiger partial charge in [0.15, 0.2) is 9.84 Å². The van der Waals surface area contributed by atoms with Gasteiger partial charge in [0.1, 0.15) is 0 Å². The van der Waals surface area contributed by atoms with Crippen LogP contribution in [0.2, 0.25) is 4.34 Å². The summed E-state index contributed by atoms with van der Waals surface area (Å²) < 4.78 is 24.1. The number of thiophene rings is 1. The van der Waals surface area contributed by atoms with Crippen LogP contribution in [0.4, 0.5) is 0 Å². The molecule has 3 nitrogen and oxygen atoms in total. The Morgan fingerprint density at radius 1 is 1.60 bits per heavy atom. The third-order valence-corrected chi connectivity index (χ3v) is 5.95. The number of nitrogens with one attached hydrogen (secondary N) is 1. The van der Waals surface area contributed by atoms with Crippen LogP contribution in [0.3, 0.4) is 0 Å². The van der Waals surface area contributed by atoms with Crippen molar-refractivity contribution in [2.24, 2.45) is 0 Å². The highest BCUT2D eigenvalue weighted by atomic mass is 35.5. The van der Waals surface area contributed by atoms with Crippen molar-refractivity contribution >= 4 is 32.8 Å². The molecule has 0 bridgehead atoms. The molecule has 1 aromatic heterocycles. The lowest BCUT2D eigenvalue weighted by Crippen LogP contribution is -2.44. The molecule has 2 unspecified atom stereocenters. The van der Waals surface area contributed by atoms with Crippen molar-refractivity contribution in [2.45, 2.75) is 18.2 Å². The lowest BCUT2D eigenvalue weighted by atomic mass is 10.2. The number of hydrogen-bond donors (Lipinski definition) is 1. The second kappa shape index (κ2) is 4.05. The molecule has 0 amide bonds. The van der Waals surface area contributed by atoms with Gasteiger partial charge in [0.2, 0.25) is 0 Å². The van der Waals surface area contributed by atoms with Crippen molar-refractivity contribution in [1.82, 2.24) is 5.32 Å². The smallest absolute Gasteiger partial charge is 0.156 e. The molecule has 84 valence electrons. The average molecular weight is 266 g/mol. The number of hydrogen-bond acceptors (Lipinski definition) is 4. The zero-order valence-corrected chi connectivity index (χ0v) is 10.6. The van der Waals surface area contributed by atoms with E-state index in [4.69, 9.17) is 11.6 Å². The van der Waals surface area contributed by atoms with E-state index in [0.717, 1.165) is 5.56 Å². The highest BCUT2D eigenvalue weighted by molar-refractivity contribution is 7.92. The van der Waals surface area contributed by atoms with Crippen LogP contribution in [0.1, 0.15) is 18.5 Å². The van der Waals surface area contributed by atoms with Crippen molar-refractivity contribution in [3.63, 3.8) is 0 Å². The maximum Gasteiger partial charge on any atom is 0.156 e. The van der Waals surface area contributed by atoms with E-state index >= 15 is 0 Å². The van der Waals surface area contributed by atoms with Crippen LogP contribution in [0.25, 0.3) is 0 Å². The lowest BCUT2D eigenvalue weighted by Gasteiger charge is -2.27. The second-order valence-electron chi connectivity index (χ2n) is 3.79. The Hall–Kier alpha value is -0.100. The van der Waals surface area contributed by atoms with Crippen molar-refractivity contribution in [1.29, 1.82) is 0 Å². The van der Waals surface area contributed by atoms with Crippen molar-refractivity contribution < 1.29 is 8.42 Å². The van der Waals surface area contributed by atoms with E-state index in [9.17, 15) is 8.42 Å². The average Bonchev–Trinajstić information content (AvgIpc) is 2.57. The van der Waals surface area contributed by atoms with Crippen LogP contribution in [0.15, 0.2) is 11.4 Å². The van der Waals surface area contributed by atoms with Crippen LogP contribution in [0, 0.1) is 0 Å². The predicted molar refractivity (Wildman–Crippen MR) is 63.3 cm³/mol. The first kappa shape index (κ1) is 11.4. The summed E-state index contributed by atoms with van der Waals surface area (Å²) in [4.78, 5) is 0. The van der Waals surface area contributed by atoms with Crippen molar-refractivity contribution in [3.05, 3.63) is 21.3 Å². The maximum absolute atomic E-state index is 11.7. The standard InChI is InChI=1S/C9H12ClNO2S2/c1-6-3-11-8(5-15(6,12)13)7-2-9(10)14-4-7/h2,4,6,8,11H,3,5H2,1H3. The summed E-state index contributed by atoms with van der Waals surface area (Å²) in [6, 6.07) is 1.73. The second-order valence-corrected chi connectivity index (χ2v) is 7.79. The first-order valence-corrected chi connectivity index (χ1v) is 7.65. The lowest BCUT2D eigenvalue weighted by molar-refractivity contribution is 0.503. The van der Waals surface area contributed by atoms with Gasteiger partial charge in [0, 0.05) is 12.6 Å². The molecule has 0 aliphatic carbocycles. The van der Waals surface area contributed by atoms with E-state index in [-0.39, 0.29) is 17.0 Å². The predicted octanol–water partition coefficient (Wildman–Crippen LogP) is 1.85. The fourth-order valence-corrected chi connectivity index (χ4v) is 4.01. The molecule has 2 atom stereocenters. The molecular weight excluding hydrogens is 254 g/mol. The van der Waals surface area contributed by atoms with Crippen LogP contribution >= 0.6 is 22.9 Å². The summed E-state index contributed by atoms with van der Waals surface area (Å²) in [6.07, 6.45) is 0.